The zero-order chi connectivity index (χ0) is 13.1. The maximum absolute atomic E-state index is 10.8. The van der Waals surface area contributed by atoms with Crippen molar-refractivity contribution in [2.75, 3.05) is 0 Å². The Morgan fingerprint density at radius 2 is 2.00 bits per heavy atom. The second kappa shape index (κ2) is 5.00. The molecule has 0 unspecified atom stereocenters. The van der Waals surface area contributed by atoms with Crippen LogP contribution in [0.1, 0.15) is 24.1 Å². The average Bonchev–Trinajstić information content (AvgIpc) is 2.69. The smallest absolute Gasteiger partial charge is 0.311 e. The van der Waals surface area contributed by atoms with Gasteiger partial charge in [0.1, 0.15) is 18.1 Å². The summed E-state index contributed by atoms with van der Waals surface area (Å²) in [5.41, 5.74) is 2.07. The van der Waals surface area contributed by atoms with E-state index in [1.807, 2.05) is 24.3 Å². The highest BCUT2D eigenvalue weighted by Gasteiger charge is 2.12. The van der Waals surface area contributed by atoms with Gasteiger partial charge in [-0.25, -0.2) is 9.67 Å². The fourth-order valence-corrected chi connectivity index (χ4v) is 1.79. The molecule has 1 N–H and O–H groups in total. The van der Waals surface area contributed by atoms with Crippen molar-refractivity contribution in [2.45, 2.75) is 26.7 Å². The first-order valence-electron chi connectivity index (χ1n) is 5.83. The van der Waals surface area contributed by atoms with E-state index in [9.17, 15) is 4.79 Å². The van der Waals surface area contributed by atoms with Gasteiger partial charge in [0, 0.05) is 0 Å². The Balaban J connectivity index is 2.39. The normalized spacial score (nSPS) is 10.6. The molecule has 18 heavy (non-hydrogen) atoms. The first-order valence-corrected chi connectivity index (χ1v) is 5.83. The number of rotatable bonds is 4. The van der Waals surface area contributed by atoms with Crippen LogP contribution in [0.25, 0.3) is 5.69 Å². The van der Waals surface area contributed by atoms with Crippen molar-refractivity contribution in [1.82, 2.24) is 14.8 Å². The maximum Gasteiger partial charge on any atom is 0.311 e. The molecule has 0 aliphatic carbocycles. The van der Waals surface area contributed by atoms with Crippen LogP contribution in [0.3, 0.4) is 0 Å². The van der Waals surface area contributed by atoms with Crippen LogP contribution < -0.4 is 0 Å². The van der Waals surface area contributed by atoms with E-state index < -0.39 is 5.97 Å². The maximum atomic E-state index is 10.8. The SMILES string of the molecule is CCc1ccc(-n2nc(C)nc2CC(=O)O)cc1. The molecule has 94 valence electrons. The van der Waals surface area contributed by atoms with Gasteiger partial charge < -0.3 is 5.11 Å². The molecule has 0 atom stereocenters. The molecule has 0 aliphatic heterocycles. The topological polar surface area (TPSA) is 68.0 Å². The Kier molecular flexibility index (Phi) is 3.41. The summed E-state index contributed by atoms with van der Waals surface area (Å²) in [6.45, 7) is 3.84. The summed E-state index contributed by atoms with van der Waals surface area (Å²) in [4.78, 5) is 14.9. The summed E-state index contributed by atoms with van der Waals surface area (Å²) in [6.07, 6.45) is 0.842. The molecule has 0 spiro atoms. The first kappa shape index (κ1) is 12.3. The number of hydrogen-bond acceptors (Lipinski definition) is 3. The van der Waals surface area contributed by atoms with Crippen LogP contribution in [-0.2, 0) is 17.6 Å². The summed E-state index contributed by atoms with van der Waals surface area (Å²) in [6, 6.07) is 7.88. The molecule has 0 radical (unpaired) electrons. The van der Waals surface area contributed by atoms with Crippen molar-refractivity contribution >= 4 is 5.97 Å². The monoisotopic (exact) mass is 245 g/mol. The number of nitrogens with zero attached hydrogens (tertiary/aromatic N) is 3. The Bertz CT molecular complexity index is 558. The second-order valence-electron chi connectivity index (χ2n) is 4.08. The second-order valence-corrected chi connectivity index (χ2v) is 4.08. The first-order chi connectivity index (χ1) is 8.60. The highest BCUT2D eigenvalue weighted by Crippen LogP contribution is 2.12. The molecule has 0 saturated carbocycles. The molecule has 1 aromatic carbocycles. The fraction of sp³-hybridized carbons (Fsp3) is 0.308. The summed E-state index contributed by atoms with van der Waals surface area (Å²) in [7, 11) is 0. The van der Waals surface area contributed by atoms with E-state index in [0.29, 0.717) is 11.6 Å². The number of aliphatic carboxylic acids is 1. The quantitative estimate of drug-likeness (QED) is 0.891. The highest BCUT2D eigenvalue weighted by atomic mass is 16.4. The van der Waals surface area contributed by atoms with Crippen LogP contribution in [0.15, 0.2) is 24.3 Å². The Morgan fingerprint density at radius 1 is 1.33 bits per heavy atom. The Morgan fingerprint density at radius 3 is 2.56 bits per heavy atom. The molecule has 0 bridgehead atoms. The van der Waals surface area contributed by atoms with Gasteiger partial charge in [-0.3, -0.25) is 4.79 Å². The van der Waals surface area contributed by atoms with E-state index in [-0.39, 0.29) is 6.42 Å². The van der Waals surface area contributed by atoms with Crippen molar-refractivity contribution in [3.05, 3.63) is 41.5 Å². The molecule has 2 aromatic rings. The average molecular weight is 245 g/mol. The van der Waals surface area contributed by atoms with E-state index in [4.69, 9.17) is 5.11 Å². The van der Waals surface area contributed by atoms with Crippen molar-refractivity contribution in [1.29, 1.82) is 0 Å². The lowest BCUT2D eigenvalue weighted by molar-refractivity contribution is -0.136. The molecular formula is C13H15N3O2. The number of hydrogen-bond donors (Lipinski definition) is 1. The molecule has 5 heteroatoms. The van der Waals surface area contributed by atoms with Crippen LogP contribution in [-0.4, -0.2) is 25.8 Å². The van der Waals surface area contributed by atoms with E-state index in [1.165, 1.54) is 5.56 Å². The van der Waals surface area contributed by atoms with E-state index in [1.54, 1.807) is 11.6 Å². The lowest BCUT2D eigenvalue weighted by Gasteiger charge is -2.05. The number of carboxylic acids is 1. The summed E-state index contributed by atoms with van der Waals surface area (Å²) in [5.74, 6) is 0.115. The van der Waals surface area contributed by atoms with Gasteiger partial charge in [0.2, 0.25) is 0 Å². The number of benzene rings is 1. The minimum atomic E-state index is -0.908. The van der Waals surface area contributed by atoms with E-state index >= 15 is 0 Å². The molecule has 2 rings (SSSR count). The summed E-state index contributed by atoms with van der Waals surface area (Å²) >= 11 is 0. The van der Waals surface area contributed by atoms with Crippen molar-refractivity contribution < 1.29 is 9.90 Å². The van der Waals surface area contributed by atoms with E-state index in [0.717, 1.165) is 12.1 Å². The van der Waals surface area contributed by atoms with Crippen LogP contribution in [0, 0.1) is 6.92 Å². The molecule has 0 fully saturated rings. The van der Waals surface area contributed by atoms with Crippen molar-refractivity contribution in [3.63, 3.8) is 0 Å². The van der Waals surface area contributed by atoms with Crippen LogP contribution in [0.5, 0.6) is 0 Å². The minimum Gasteiger partial charge on any atom is -0.481 e. The third kappa shape index (κ3) is 2.56. The zero-order valence-electron chi connectivity index (χ0n) is 10.4. The Hall–Kier alpha value is -2.17. The minimum absolute atomic E-state index is 0.129. The molecule has 1 aromatic heterocycles. The van der Waals surface area contributed by atoms with Crippen molar-refractivity contribution in [2.24, 2.45) is 0 Å². The van der Waals surface area contributed by atoms with Gasteiger partial charge in [0.05, 0.1) is 5.69 Å². The molecule has 0 amide bonds. The van der Waals surface area contributed by atoms with E-state index in [2.05, 4.69) is 17.0 Å². The third-order valence-electron chi connectivity index (χ3n) is 2.68. The predicted molar refractivity (Wildman–Crippen MR) is 66.8 cm³/mol. The van der Waals surface area contributed by atoms with Crippen LogP contribution in [0.2, 0.25) is 0 Å². The fourth-order valence-electron chi connectivity index (χ4n) is 1.79. The van der Waals surface area contributed by atoms with Gasteiger partial charge in [-0.2, -0.15) is 5.10 Å². The number of aromatic nitrogens is 3. The number of carboxylic acid groups (broad SMARTS) is 1. The predicted octanol–water partition coefficient (Wildman–Crippen LogP) is 1.77. The standard InChI is InChI=1S/C13H15N3O2/c1-3-10-4-6-11(7-5-10)16-12(8-13(17)18)14-9(2)15-16/h4-7H,3,8H2,1-2H3,(H,17,18). The summed E-state index contributed by atoms with van der Waals surface area (Å²) in [5, 5.41) is 13.1. The zero-order valence-corrected chi connectivity index (χ0v) is 10.4. The summed E-state index contributed by atoms with van der Waals surface area (Å²) < 4.78 is 1.59. The van der Waals surface area contributed by atoms with Crippen LogP contribution in [0.4, 0.5) is 0 Å². The lowest BCUT2D eigenvalue weighted by Crippen LogP contribution is -2.09. The van der Waals surface area contributed by atoms with Gasteiger partial charge in [-0.1, -0.05) is 19.1 Å². The molecule has 0 saturated heterocycles. The van der Waals surface area contributed by atoms with Gasteiger partial charge in [-0.05, 0) is 31.0 Å². The van der Waals surface area contributed by atoms with Crippen molar-refractivity contribution in [3.8, 4) is 5.69 Å². The Labute approximate surface area is 105 Å². The molecule has 0 aliphatic rings. The largest absolute Gasteiger partial charge is 0.481 e. The highest BCUT2D eigenvalue weighted by molar-refractivity contribution is 5.69. The molecular weight excluding hydrogens is 230 g/mol. The third-order valence-corrected chi connectivity index (χ3v) is 2.68. The van der Waals surface area contributed by atoms with Gasteiger partial charge in [-0.15, -0.1) is 0 Å². The van der Waals surface area contributed by atoms with Gasteiger partial charge in [0.25, 0.3) is 0 Å². The van der Waals surface area contributed by atoms with Gasteiger partial charge in [0.15, 0.2) is 0 Å². The lowest BCUT2D eigenvalue weighted by atomic mass is 10.1. The number of carbonyl (C=O) groups is 1. The van der Waals surface area contributed by atoms with Crippen LogP contribution >= 0.6 is 0 Å². The molecule has 1 heterocycles. The van der Waals surface area contributed by atoms with Gasteiger partial charge >= 0.3 is 5.97 Å². The molecule has 5 nitrogen and oxygen atoms in total. The number of aryl methyl sites for hydroxylation is 2.